The number of rotatable bonds is 7. The summed E-state index contributed by atoms with van der Waals surface area (Å²) in [7, 11) is 0. The molecule has 0 aromatic rings. The van der Waals surface area contributed by atoms with Crippen LogP contribution in [0.3, 0.4) is 0 Å². The van der Waals surface area contributed by atoms with Gasteiger partial charge in [0.2, 0.25) is 0 Å². The third-order valence-corrected chi connectivity index (χ3v) is 4.58. The molecule has 1 heterocycles. The summed E-state index contributed by atoms with van der Waals surface area (Å²) in [5, 5.41) is 15.3. The van der Waals surface area contributed by atoms with E-state index in [1.807, 2.05) is 0 Å². The van der Waals surface area contributed by atoms with E-state index in [1.54, 1.807) is 6.92 Å². The molecule has 5 nitrogen and oxygen atoms in total. The van der Waals surface area contributed by atoms with Gasteiger partial charge in [0.1, 0.15) is 0 Å². The Morgan fingerprint density at radius 2 is 1.86 bits per heavy atom. The zero-order valence-electron chi connectivity index (χ0n) is 15.0. The molecule has 0 aliphatic carbocycles. The van der Waals surface area contributed by atoms with Crippen LogP contribution in [0.15, 0.2) is 0 Å². The van der Waals surface area contributed by atoms with Crippen LogP contribution in [-0.2, 0) is 0 Å². The SMILES string of the molecule is CC(O)CC(C)(C)CNC(=O)NCC(C)N1CCC(C)CC1. The number of hydrogen-bond acceptors (Lipinski definition) is 3. The molecule has 130 valence electrons. The van der Waals surface area contributed by atoms with Crippen molar-refractivity contribution in [2.24, 2.45) is 11.3 Å². The summed E-state index contributed by atoms with van der Waals surface area (Å²) in [6, 6.07) is 0.264. The van der Waals surface area contributed by atoms with Crippen molar-refractivity contribution in [2.45, 2.75) is 66.0 Å². The van der Waals surface area contributed by atoms with Crippen molar-refractivity contribution in [1.82, 2.24) is 15.5 Å². The molecule has 1 saturated heterocycles. The largest absolute Gasteiger partial charge is 0.393 e. The number of likely N-dealkylation sites (tertiary alicyclic amines) is 1. The minimum absolute atomic E-state index is 0.0971. The molecule has 2 unspecified atom stereocenters. The first kappa shape index (κ1) is 19.2. The molecule has 0 aromatic heterocycles. The molecule has 0 saturated carbocycles. The molecule has 5 heteroatoms. The highest BCUT2D eigenvalue weighted by atomic mass is 16.3. The summed E-state index contributed by atoms with van der Waals surface area (Å²) in [6.45, 7) is 13.9. The molecule has 0 radical (unpaired) electrons. The van der Waals surface area contributed by atoms with E-state index < -0.39 is 0 Å². The molecule has 0 bridgehead atoms. The van der Waals surface area contributed by atoms with E-state index in [-0.39, 0.29) is 17.6 Å². The molecular formula is C17H35N3O2. The Balaban J connectivity index is 2.22. The maximum absolute atomic E-state index is 11.9. The molecular weight excluding hydrogens is 278 g/mol. The van der Waals surface area contributed by atoms with Crippen molar-refractivity contribution in [1.29, 1.82) is 0 Å². The smallest absolute Gasteiger partial charge is 0.314 e. The topological polar surface area (TPSA) is 64.6 Å². The third-order valence-electron chi connectivity index (χ3n) is 4.58. The zero-order chi connectivity index (χ0) is 16.8. The van der Waals surface area contributed by atoms with Crippen LogP contribution in [0.4, 0.5) is 4.79 Å². The summed E-state index contributed by atoms with van der Waals surface area (Å²) < 4.78 is 0. The first-order chi connectivity index (χ1) is 10.2. The Morgan fingerprint density at radius 1 is 1.27 bits per heavy atom. The van der Waals surface area contributed by atoms with Crippen molar-refractivity contribution in [2.75, 3.05) is 26.2 Å². The summed E-state index contributed by atoms with van der Waals surface area (Å²) >= 11 is 0. The fourth-order valence-electron chi connectivity index (χ4n) is 3.09. The first-order valence-corrected chi connectivity index (χ1v) is 8.63. The number of carbonyl (C=O) groups excluding carboxylic acids is 1. The normalized spacial score (nSPS) is 20.5. The summed E-state index contributed by atoms with van der Waals surface area (Å²) in [5.41, 5.74) is -0.0971. The maximum Gasteiger partial charge on any atom is 0.314 e. The van der Waals surface area contributed by atoms with Crippen molar-refractivity contribution in [3.8, 4) is 0 Å². The average Bonchev–Trinajstić information content (AvgIpc) is 2.42. The van der Waals surface area contributed by atoms with Crippen LogP contribution in [0, 0.1) is 11.3 Å². The van der Waals surface area contributed by atoms with Crippen LogP contribution in [0.5, 0.6) is 0 Å². The van der Waals surface area contributed by atoms with E-state index >= 15 is 0 Å². The monoisotopic (exact) mass is 313 g/mol. The van der Waals surface area contributed by atoms with Crippen molar-refractivity contribution in [3.05, 3.63) is 0 Å². The van der Waals surface area contributed by atoms with E-state index in [1.165, 1.54) is 12.8 Å². The second-order valence-electron chi connectivity index (χ2n) is 7.85. The van der Waals surface area contributed by atoms with Crippen molar-refractivity contribution in [3.63, 3.8) is 0 Å². The standard InChI is InChI=1S/C17H35N3O2/c1-13-6-8-20(9-7-13)14(2)11-18-16(22)19-12-17(4,5)10-15(3)21/h13-15,21H,6-12H2,1-5H3,(H2,18,19,22). The number of nitrogens with one attached hydrogen (secondary N) is 2. The zero-order valence-corrected chi connectivity index (χ0v) is 15.0. The molecule has 22 heavy (non-hydrogen) atoms. The predicted molar refractivity (Wildman–Crippen MR) is 90.9 cm³/mol. The van der Waals surface area contributed by atoms with Gasteiger partial charge in [-0.2, -0.15) is 0 Å². The van der Waals surface area contributed by atoms with Gasteiger partial charge in [0, 0.05) is 19.1 Å². The van der Waals surface area contributed by atoms with Gasteiger partial charge in [-0.25, -0.2) is 4.79 Å². The number of hydrogen-bond donors (Lipinski definition) is 3. The molecule has 0 spiro atoms. The molecule has 1 aliphatic heterocycles. The third kappa shape index (κ3) is 7.45. The molecule has 0 aromatic carbocycles. The number of amides is 2. The number of aliphatic hydroxyl groups excluding tert-OH is 1. The summed E-state index contributed by atoms with van der Waals surface area (Å²) in [4.78, 5) is 14.4. The number of urea groups is 1. The Labute approximate surface area is 135 Å². The highest BCUT2D eigenvalue weighted by molar-refractivity contribution is 5.73. The Morgan fingerprint density at radius 3 is 2.41 bits per heavy atom. The lowest BCUT2D eigenvalue weighted by atomic mass is 9.87. The van der Waals surface area contributed by atoms with Gasteiger partial charge >= 0.3 is 6.03 Å². The van der Waals surface area contributed by atoms with E-state index in [4.69, 9.17) is 0 Å². The molecule has 1 fully saturated rings. The fourth-order valence-corrected chi connectivity index (χ4v) is 3.09. The molecule has 1 rings (SSSR count). The maximum atomic E-state index is 11.9. The fraction of sp³-hybridized carbons (Fsp3) is 0.941. The second-order valence-corrected chi connectivity index (χ2v) is 7.85. The van der Waals surface area contributed by atoms with Gasteiger partial charge in [0.25, 0.3) is 0 Å². The highest BCUT2D eigenvalue weighted by Crippen LogP contribution is 2.21. The van der Waals surface area contributed by atoms with Crippen molar-refractivity contribution >= 4 is 6.03 Å². The molecule has 1 aliphatic rings. The highest BCUT2D eigenvalue weighted by Gasteiger charge is 2.22. The minimum Gasteiger partial charge on any atom is -0.393 e. The van der Waals surface area contributed by atoms with Crippen LogP contribution < -0.4 is 10.6 Å². The van der Waals surface area contributed by atoms with Gasteiger partial charge in [0.15, 0.2) is 0 Å². The van der Waals surface area contributed by atoms with Gasteiger partial charge in [-0.1, -0.05) is 20.8 Å². The van der Waals surface area contributed by atoms with E-state index in [9.17, 15) is 9.90 Å². The number of nitrogens with zero attached hydrogens (tertiary/aromatic N) is 1. The Bertz CT molecular complexity index is 337. The van der Waals surface area contributed by atoms with Crippen molar-refractivity contribution < 1.29 is 9.90 Å². The van der Waals surface area contributed by atoms with Crippen LogP contribution in [0.1, 0.15) is 53.9 Å². The van der Waals surface area contributed by atoms with Gasteiger partial charge < -0.3 is 15.7 Å². The molecule has 3 N–H and O–H groups in total. The summed E-state index contributed by atoms with van der Waals surface area (Å²) in [6.07, 6.45) is 2.84. The first-order valence-electron chi connectivity index (χ1n) is 8.63. The van der Waals surface area contributed by atoms with E-state index in [0.29, 0.717) is 25.6 Å². The summed E-state index contributed by atoms with van der Waals surface area (Å²) in [5.74, 6) is 0.829. The second kappa shape index (κ2) is 8.73. The van der Waals surface area contributed by atoms with Crippen LogP contribution in [0.25, 0.3) is 0 Å². The van der Waals surface area contributed by atoms with Crippen LogP contribution in [-0.4, -0.2) is 54.4 Å². The van der Waals surface area contributed by atoms with Gasteiger partial charge in [0.05, 0.1) is 6.10 Å². The lowest BCUT2D eigenvalue weighted by molar-refractivity contribution is 0.128. The van der Waals surface area contributed by atoms with Crippen LogP contribution >= 0.6 is 0 Å². The number of carbonyl (C=O) groups is 1. The lowest BCUT2D eigenvalue weighted by Crippen LogP contribution is -2.48. The Kier molecular flexibility index (Phi) is 7.63. The van der Waals surface area contributed by atoms with Crippen LogP contribution in [0.2, 0.25) is 0 Å². The molecule has 2 amide bonds. The average molecular weight is 313 g/mol. The molecule has 2 atom stereocenters. The number of piperidine rings is 1. The lowest BCUT2D eigenvalue weighted by Gasteiger charge is -2.35. The predicted octanol–water partition coefficient (Wildman–Crippen LogP) is 2.20. The van der Waals surface area contributed by atoms with E-state index in [2.05, 4.69) is 43.2 Å². The minimum atomic E-state index is -0.346. The van der Waals surface area contributed by atoms with Gasteiger partial charge in [-0.15, -0.1) is 0 Å². The Hall–Kier alpha value is -0.810. The van der Waals surface area contributed by atoms with Gasteiger partial charge in [-0.05, 0) is 57.5 Å². The quantitative estimate of drug-likeness (QED) is 0.675. The van der Waals surface area contributed by atoms with E-state index in [0.717, 1.165) is 19.0 Å². The van der Waals surface area contributed by atoms with Gasteiger partial charge in [-0.3, -0.25) is 4.90 Å². The number of aliphatic hydroxyl groups is 1.